The van der Waals surface area contributed by atoms with Crippen LogP contribution in [-0.2, 0) is 0 Å². The number of hydrogen-bond acceptors (Lipinski definition) is 4. The third kappa shape index (κ3) is 6.08. The van der Waals surface area contributed by atoms with Crippen LogP contribution in [0.2, 0.25) is 0 Å². The van der Waals surface area contributed by atoms with E-state index in [1.165, 1.54) is 0 Å². The second kappa shape index (κ2) is 11.2. The fourth-order valence-corrected chi connectivity index (χ4v) is 3.20. The first-order valence-corrected chi connectivity index (χ1v) is 8.94. The van der Waals surface area contributed by atoms with Crippen LogP contribution in [0.15, 0.2) is 42.5 Å². The summed E-state index contributed by atoms with van der Waals surface area (Å²) in [7, 11) is 3.10. The molecule has 6 heteroatoms. The number of ether oxygens (including phenoxy) is 3. The Labute approximate surface area is 163 Å². The second-order valence-corrected chi connectivity index (χ2v) is 6.50. The first-order valence-electron chi connectivity index (χ1n) is 7.94. The van der Waals surface area contributed by atoms with Crippen LogP contribution >= 0.6 is 8.58 Å². The van der Waals surface area contributed by atoms with Crippen LogP contribution in [0.3, 0.4) is 0 Å². The van der Waals surface area contributed by atoms with Gasteiger partial charge < -0.3 is 14.2 Å². The number of methoxy groups -OCH3 is 2. The van der Waals surface area contributed by atoms with E-state index in [0.717, 1.165) is 30.5 Å². The Kier molecular flexibility index (Phi) is 9.68. The monoisotopic (exact) mass is 353 g/mol. The van der Waals surface area contributed by atoms with Gasteiger partial charge in [0.15, 0.2) is 5.52 Å². The number of carbonyl (C=O) groups excluding carboxylic acids is 1. The molecule has 0 aliphatic carbocycles. The molecule has 129 valence electrons. The van der Waals surface area contributed by atoms with Gasteiger partial charge in [0.1, 0.15) is 22.8 Å². The molecule has 1 atom stereocenters. The number of carbonyl (C=O) groups is 1. The fourth-order valence-electron chi connectivity index (χ4n) is 2.24. The summed E-state index contributed by atoms with van der Waals surface area (Å²) in [5.74, 6) is 1.90. The molecule has 2 aromatic rings. The van der Waals surface area contributed by atoms with E-state index in [1.807, 2.05) is 24.3 Å². The molecule has 0 saturated carbocycles. The average molecular weight is 353 g/mol. The van der Waals surface area contributed by atoms with Crippen molar-refractivity contribution in [1.29, 1.82) is 0 Å². The molecule has 0 spiro atoms. The van der Waals surface area contributed by atoms with Gasteiger partial charge >= 0.3 is 0 Å². The van der Waals surface area contributed by atoms with Gasteiger partial charge in [-0.1, -0.05) is 31.5 Å². The van der Waals surface area contributed by atoms with Gasteiger partial charge in [-0.3, -0.25) is 4.79 Å². The zero-order valence-electron chi connectivity index (χ0n) is 15.3. The summed E-state index contributed by atoms with van der Waals surface area (Å²) in [6.07, 6.45) is 2.14. The summed E-state index contributed by atoms with van der Waals surface area (Å²) in [6.45, 7) is 2.85. The third-order valence-electron chi connectivity index (χ3n) is 3.53. The van der Waals surface area contributed by atoms with Crippen molar-refractivity contribution in [3.05, 3.63) is 48.0 Å². The molecule has 0 saturated heterocycles. The molecule has 1 unspecified atom stereocenters. The molecular formula is C19H23LiO4P. The van der Waals surface area contributed by atoms with E-state index in [-0.39, 0.29) is 33.0 Å². The maximum absolute atomic E-state index is 12.7. The molecule has 0 fully saturated rings. The maximum atomic E-state index is 12.7. The Balaban J connectivity index is 0.00000312. The normalized spacial score (nSPS) is 10.4. The molecule has 2 aromatic carbocycles. The Hall–Kier alpha value is -1.46. The van der Waals surface area contributed by atoms with Gasteiger partial charge in [-0.2, -0.15) is 0 Å². The van der Waals surface area contributed by atoms with Crippen molar-refractivity contribution in [3.8, 4) is 17.2 Å². The molecule has 0 heterocycles. The zero-order valence-corrected chi connectivity index (χ0v) is 16.3. The van der Waals surface area contributed by atoms with Crippen LogP contribution in [0.25, 0.3) is 0 Å². The number of hydrogen-bond donors (Lipinski definition) is 0. The maximum Gasteiger partial charge on any atom is 0.193 e. The Morgan fingerprint density at radius 3 is 2.12 bits per heavy atom. The second-order valence-electron chi connectivity index (χ2n) is 5.22. The fraction of sp³-hybridized carbons (Fsp3) is 0.316. The SMILES string of the molecule is CCCCOc1ccc(PC(=O)c2c(OC)cccc2OC)cc1.[Li]. The minimum atomic E-state index is -0.0102. The minimum absolute atomic E-state index is 0. The quantitative estimate of drug-likeness (QED) is 0.392. The van der Waals surface area contributed by atoms with Gasteiger partial charge in [0.05, 0.1) is 20.8 Å². The molecule has 0 aliphatic rings. The van der Waals surface area contributed by atoms with Crippen LogP contribution < -0.4 is 19.5 Å². The number of rotatable bonds is 9. The summed E-state index contributed by atoms with van der Waals surface area (Å²) in [4.78, 5) is 12.7. The van der Waals surface area contributed by atoms with E-state index in [1.54, 1.807) is 32.4 Å². The van der Waals surface area contributed by atoms with Crippen molar-refractivity contribution >= 4 is 38.3 Å². The van der Waals surface area contributed by atoms with Crippen LogP contribution in [0.5, 0.6) is 17.2 Å². The van der Waals surface area contributed by atoms with Crippen molar-refractivity contribution in [1.82, 2.24) is 0 Å². The smallest absolute Gasteiger partial charge is 0.193 e. The van der Waals surface area contributed by atoms with Gasteiger partial charge in [0.2, 0.25) is 0 Å². The molecule has 4 nitrogen and oxygen atoms in total. The average Bonchev–Trinajstić information content (AvgIpc) is 2.62. The summed E-state index contributed by atoms with van der Waals surface area (Å²) in [5.41, 5.74) is 0.480. The van der Waals surface area contributed by atoms with Crippen molar-refractivity contribution in [2.45, 2.75) is 19.8 Å². The van der Waals surface area contributed by atoms with Crippen molar-refractivity contribution in [2.75, 3.05) is 20.8 Å². The Morgan fingerprint density at radius 2 is 1.60 bits per heavy atom. The number of unbranched alkanes of at least 4 members (excludes halogenated alkanes) is 1. The zero-order chi connectivity index (χ0) is 17.4. The molecule has 0 aromatic heterocycles. The van der Waals surface area contributed by atoms with Crippen LogP contribution in [0, 0.1) is 0 Å². The summed E-state index contributed by atoms with van der Waals surface area (Å²) in [5, 5.41) is 0.954. The van der Waals surface area contributed by atoms with E-state index >= 15 is 0 Å². The summed E-state index contributed by atoms with van der Waals surface area (Å²) in [6, 6.07) is 13.0. The molecule has 0 bridgehead atoms. The third-order valence-corrected chi connectivity index (χ3v) is 4.63. The molecule has 1 radical (unpaired) electrons. The molecular weight excluding hydrogens is 330 g/mol. The van der Waals surface area contributed by atoms with E-state index < -0.39 is 0 Å². The number of benzene rings is 2. The van der Waals surface area contributed by atoms with E-state index in [2.05, 4.69) is 6.92 Å². The topological polar surface area (TPSA) is 44.8 Å². The Bertz CT molecular complexity index is 651. The van der Waals surface area contributed by atoms with Crippen molar-refractivity contribution in [2.24, 2.45) is 0 Å². The van der Waals surface area contributed by atoms with Gasteiger partial charge in [-0.25, -0.2) is 0 Å². The van der Waals surface area contributed by atoms with Crippen LogP contribution in [0.1, 0.15) is 30.1 Å². The molecule has 0 amide bonds. The minimum Gasteiger partial charge on any atom is -0.496 e. The van der Waals surface area contributed by atoms with Crippen LogP contribution in [0.4, 0.5) is 0 Å². The molecule has 25 heavy (non-hydrogen) atoms. The first kappa shape index (κ1) is 21.6. The predicted octanol–water partition coefficient (Wildman–Crippen LogP) is 3.65. The van der Waals surface area contributed by atoms with Gasteiger partial charge in [-0.15, -0.1) is 0 Å². The van der Waals surface area contributed by atoms with Gasteiger partial charge in [-0.05, 0) is 44.6 Å². The summed E-state index contributed by atoms with van der Waals surface area (Å²) < 4.78 is 16.3. The largest absolute Gasteiger partial charge is 0.496 e. The van der Waals surface area contributed by atoms with E-state index in [4.69, 9.17) is 14.2 Å². The van der Waals surface area contributed by atoms with E-state index in [9.17, 15) is 4.79 Å². The first-order chi connectivity index (χ1) is 11.7. The van der Waals surface area contributed by atoms with Crippen molar-refractivity contribution < 1.29 is 19.0 Å². The van der Waals surface area contributed by atoms with Crippen molar-refractivity contribution in [3.63, 3.8) is 0 Å². The molecule has 0 N–H and O–H groups in total. The summed E-state index contributed by atoms with van der Waals surface area (Å²) >= 11 is 0. The van der Waals surface area contributed by atoms with Crippen LogP contribution in [-0.4, -0.2) is 45.2 Å². The molecule has 0 aliphatic heterocycles. The van der Waals surface area contributed by atoms with Gasteiger partial charge in [0, 0.05) is 18.9 Å². The Morgan fingerprint density at radius 1 is 1.00 bits per heavy atom. The molecule has 2 rings (SSSR count). The van der Waals surface area contributed by atoms with Gasteiger partial charge in [0.25, 0.3) is 0 Å². The standard InChI is InChI=1S/C19H23O4P.Li/c1-4-5-13-23-14-9-11-15(12-10-14)24-19(20)18-16(21-2)7-6-8-17(18)22-3;/h6-12,24H,4-5,13H2,1-3H3;. The van der Waals surface area contributed by atoms with E-state index in [0.29, 0.717) is 17.1 Å². The predicted molar refractivity (Wildman–Crippen MR) is 104 cm³/mol.